The fourth-order valence-electron chi connectivity index (χ4n) is 6.55. The van der Waals surface area contributed by atoms with Gasteiger partial charge < -0.3 is 0 Å². The van der Waals surface area contributed by atoms with Crippen molar-refractivity contribution in [1.82, 2.24) is 0 Å². The normalized spacial score (nSPS) is 21.9. The van der Waals surface area contributed by atoms with Gasteiger partial charge in [-0.15, -0.1) is 0 Å². The predicted octanol–water partition coefficient (Wildman–Crippen LogP) is 10.1. The molecule has 0 saturated heterocycles. The van der Waals surface area contributed by atoms with Crippen LogP contribution in [0.3, 0.4) is 0 Å². The first kappa shape index (κ1) is 26.5. The van der Waals surface area contributed by atoms with Crippen LogP contribution in [0.5, 0.6) is 0 Å². The molecule has 3 aliphatic rings. The van der Waals surface area contributed by atoms with Gasteiger partial charge in [-0.25, -0.2) is 0 Å². The molecule has 2 aromatic carbocycles. The van der Waals surface area contributed by atoms with Gasteiger partial charge >= 0.3 is 0 Å². The van der Waals surface area contributed by atoms with Crippen LogP contribution in [0, 0.1) is 17.8 Å². The first-order valence-electron chi connectivity index (χ1n) is 13.8. The monoisotopic (exact) mass is 478 g/mol. The summed E-state index contributed by atoms with van der Waals surface area (Å²) < 4.78 is 0. The molecule has 0 atom stereocenters. The predicted molar refractivity (Wildman–Crippen MR) is 158 cm³/mol. The van der Waals surface area contributed by atoms with Crippen LogP contribution in [-0.2, 0) is 18.3 Å². The maximum absolute atomic E-state index is 2.39. The van der Waals surface area contributed by atoms with Gasteiger partial charge in [0.05, 0.1) is 0 Å². The fourth-order valence-corrected chi connectivity index (χ4v) is 6.55. The Morgan fingerprint density at radius 3 is 2.33 bits per heavy atom. The van der Waals surface area contributed by atoms with Gasteiger partial charge in [0.25, 0.3) is 0 Å². The van der Waals surface area contributed by atoms with Gasteiger partial charge in [0.2, 0.25) is 0 Å². The largest absolute Gasteiger partial charge is 0.0834 e. The number of rotatable bonds is 2. The van der Waals surface area contributed by atoms with Crippen molar-refractivity contribution in [2.24, 2.45) is 10.8 Å². The molecule has 0 radical (unpaired) electrons. The molecule has 0 spiro atoms. The van der Waals surface area contributed by atoms with Crippen LogP contribution in [0.2, 0.25) is 0 Å². The number of hydrogen-bond donors (Lipinski definition) is 0. The lowest BCUT2D eigenvalue weighted by Crippen LogP contribution is -2.30. The Kier molecular flexibility index (Phi) is 7.13. The standard InChI is InChI=1S/C19H24.C17H22/c1-13-8-9-15-14(11-13)12-19(4,5)16-7-6-10-18(2,3)17(15)16;1-5-8-13(2)11-15-12-14-9-6-7-10-16(14)17(15,3)4/h6-9,11H,10,12H2,1-5H3;6-11H,5,12H2,1-4H3/b;13-8-,15-11+. The zero-order chi connectivity index (χ0) is 26.3. The van der Waals surface area contributed by atoms with Gasteiger partial charge in [-0.05, 0) is 83.8 Å². The van der Waals surface area contributed by atoms with E-state index in [9.17, 15) is 0 Å². The van der Waals surface area contributed by atoms with Crippen molar-refractivity contribution in [3.05, 3.63) is 111 Å². The summed E-state index contributed by atoms with van der Waals surface area (Å²) in [6.45, 7) is 20.8. The fraction of sp³-hybridized carbons (Fsp3) is 0.444. The SMILES string of the molecule is CC/C=C(C)\C=C1/Cc2ccccc2C1(C)C.Cc1ccc2c(c1)CC(C)(C)C1=C2C(C)(C)CC=C1. The highest BCUT2D eigenvalue weighted by Crippen LogP contribution is 2.53. The van der Waals surface area contributed by atoms with E-state index in [0.29, 0.717) is 0 Å². The van der Waals surface area contributed by atoms with Gasteiger partial charge in [0, 0.05) is 5.41 Å². The van der Waals surface area contributed by atoms with E-state index in [2.05, 4.69) is 129 Å². The molecular weight excluding hydrogens is 432 g/mol. The van der Waals surface area contributed by atoms with Crippen molar-refractivity contribution >= 4 is 5.57 Å². The molecule has 2 aromatic rings. The number of aryl methyl sites for hydroxylation is 1. The number of fused-ring (bicyclic) bond motifs is 3. The molecule has 5 rings (SSSR count). The van der Waals surface area contributed by atoms with Crippen LogP contribution < -0.4 is 0 Å². The number of hydrogen-bond acceptors (Lipinski definition) is 0. The maximum atomic E-state index is 2.39. The first-order valence-corrected chi connectivity index (χ1v) is 13.8. The Labute approximate surface area is 220 Å². The van der Waals surface area contributed by atoms with Gasteiger partial charge in [-0.2, -0.15) is 0 Å². The van der Waals surface area contributed by atoms with E-state index in [4.69, 9.17) is 0 Å². The van der Waals surface area contributed by atoms with Crippen molar-refractivity contribution in [2.45, 2.75) is 93.4 Å². The molecule has 0 unspecified atom stereocenters. The third-order valence-corrected chi connectivity index (χ3v) is 8.55. The zero-order valence-corrected chi connectivity index (χ0v) is 24.2. The van der Waals surface area contributed by atoms with Gasteiger partial charge in [0.15, 0.2) is 0 Å². The van der Waals surface area contributed by atoms with E-state index in [1.165, 1.54) is 33.4 Å². The maximum Gasteiger partial charge on any atom is 0.0114 e. The lowest BCUT2D eigenvalue weighted by Gasteiger charge is -2.43. The lowest BCUT2D eigenvalue weighted by molar-refractivity contribution is 0.416. The summed E-state index contributed by atoms with van der Waals surface area (Å²) in [6.07, 6.45) is 13.9. The molecular formula is C36H46. The summed E-state index contributed by atoms with van der Waals surface area (Å²) in [5.41, 5.74) is 14.2. The lowest BCUT2D eigenvalue weighted by atomic mass is 9.61. The second-order valence-corrected chi connectivity index (χ2v) is 13.0. The minimum atomic E-state index is 0.194. The second kappa shape index (κ2) is 9.70. The van der Waals surface area contributed by atoms with Crippen LogP contribution in [0.15, 0.2) is 83.5 Å². The van der Waals surface area contributed by atoms with Gasteiger partial charge in [0.1, 0.15) is 0 Å². The van der Waals surface area contributed by atoms with E-state index < -0.39 is 0 Å². The Morgan fingerprint density at radius 2 is 1.64 bits per heavy atom. The highest BCUT2D eigenvalue weighted by atomic mass is 14.4. The summed E-state index contributed by atoms with van der Waals surface area (Å²) in [5.74, 6) is 0. The topological polar surface area (TPSA) is 0 Å². The van der Waals surface area contributed by atoms with Crippen molar-refractivity contribution in [3.8, 4) is 0 Å². The highest BCUT2D eigenvalue weighted by Gasteiger charge is 2.39. The molecule has 0 amide bonds. The van der Waals surface area contributed by atoms with Gasteiger partial charge in [-0.1, -0.05) is 132 Å². The smallest absolute Gasteiger partial charge is 0.0114 e. The van der Waals surface area contributed by atoms with Crippen LogP contribution in [0.4, 0.5) is 0 Å². The Balaban J connectivity index is 0.000000170. The quantitative estimate of drug-likeness (QED) is 0.403. The van der Waals surface area contributed by atoms with Crippen LogP contribution in [0.1, 0.15) is 96.0 Å². The first-order chi connectivity index (χ1) is 16.9. The Hall–Kier alpha value is -2.60. The summed E-state index contributed by atoms with van der Waals surface area (Å²) >= 11 is 0. The van der Waals surface area contributed by atoms with E-state index in [-0.39, 0.29) is 16.2 Å². The van der Waals surface area contributed by atoms with Crippen LogP contribution in [-0.4, -0.2) is 0 Å². The summed E-state index contributed by atoms with van der Waals surface area (Å²) in [4.78, 5) is 0. The summed E-state index contributed by atoms with van der Waals surface area (Å²) in [5, 5.41) is 0. The van der Waals surface area contributed by atoms with E-state index >= 15 is 0 Å². The Bertz CT molecular complexity index is 1270. The van der Waals surface area contributed by atoms with Crippen molar-refractivity contribution in [3.63, 3.8) is 0 Å². The molecule has 0 aliphatic heterocycles. The molecule has 0 fully saturated rings. The molecule has 0 bridgehead atoms. The Morgan fingerprint density at radius 1 is 0.917 bits per heavy atom. The average molecular weight is 479 g/mol. The zero-order valence-electron chi connectivity index (χ0n) is 24.2. The molecule has 0 heteroatoms. The number of allylic oxidation sites excluding steroid dienone is 8. The third-order valence-electron chi connectivity index (χ3n) is 8.55. The minimum absolute atomic E-state index is 0.194. The highest BCUT2D eigenvalue weighted by molar-refractivity contribution is 5.81. The van der Waals surface area contributed by atoms with Crippen LogP contribution >= 0.6 is 0 Å². The molecule has 0 aromatic heterocycles. The minimum Gasteiger partial charge on any atom is -0.0834 e. The summed E-state index contributed by atoms with van der Waals surface area (Å²) in [6, 6.07) is 15.8. The van der Waals surface area contributed by atoms with E-state index in [0.717, 1.165) is 25.7 Å². The average Bonchev–Trinajstić information content (AvgIpc) is 3.03. The van der Waals surface area contributed by atoms with Crippen molar-refractivity contribution in [2.75, 3.05) is 0 Å². The molecule has 0 nitrogen and oxygen atoms in total. The molecule has 0 saturated carbocycles. The summed E-state index contributed by atoms with van der Waals surface area (Å²) in [7, 11) is 0. The van der Waals surface area contributed by atoms with Crippen molar-refractivity contribution < 1.29 is 0 Å². The molecule has 36 heavy (non-hydrogen) atoms. The molecule has 0 N–H and O–H groups in total. The molecule has 3 aliphatic carbocycles. The number of benzene rings is 2. The second-order valence-electron chi connectivity index (χ2n) is 13.0. The molecule has 190 valence electrons. The van der Waals surface area contributed by atoms with Crippen LogP contribution in [0.25, 0.3) is 5.57 Å². The van der Waals surface area contributed by atoms with E-state index in [1.807, 2.05) is 0 Å². The van der Waals surface area contributed by atoms with E-state index in [1.54, 1.807) is 16.7 Å². The van der Waals surface area contributed by atoms with Crippen molar-refractivity contribution in [1.29, 1.82) is 0 Å². The van der Waals surface area contributed by atoms with Gasteiger partial charge in [-0.3, -0.25) is 0 Å². The third kappa shape index (κ3) is 4.97. The molecule has 0 heterocycles.